The average molecular weight is 331 g/mol. The van der Waals surface area contributed by atoms with Crippen LogP contribution in [0.2, 0.25) is 0 Å². The SMILES string of the molecule is N#CC(C(=O)Nc1ccccn1)C(=O)c1ccn(-c2ccccc2)n1. The summed E-state index contributed by atoms with van der Waals surface area (Å²) in [5.74, 6) is -2.62. The van der Waals surface area contributed by atoms with Crippen LogP contribution < -0.4 is 5.32 Å². The summed E-state index contributed by atoms with van der Waals surface area (Å²) in [6.07, 6.45) is 3.11. The van der Waals surface area contributed by atoms with Crippen LogP contribution in [0.5, 0.6) is 0 Å². The lowest BCUT2D eigenvalue weighted by Crippen LogP contribution is -2.29. The van der Waals surface area contributed by atoms with E-state index in [2.05, 4.69) is 15.4 Å². The molecule has 1 N–H and O–H groups in total. The zero-order chi connectivity index (χ0) is 17.6. The van der Waals surface area contributed by atoms with Gasteiger partial charge in [0.1, 0.15) is 11.5 Å². The van der Waals surface area contributed by atoms with Gasteiger partial charge in [0, 0.05) is 12.4 Å². The van der Waals surface area contributed by atoms with E-state index in [1.807, 2.05) is 30.3 Å². The van der Waals surface area contributed by atoms with Crippen LogP contribution in [0, 0.1) is 17.2 Å². The molecule has 1 unspecified atom stereocenters. The van der Waals surface area contributed by atoms with Crippen molar-refractivity contribution in [1.29, 1.82) is 5.26 Å². The van der Waals surface area contributed by atoms with Gasteiger partial charge in [-0.3, -0.25) is 9.59 Å². The number of nitrogens with zero attached hydrogens (tertiary/aromatic N) is 4. The lowest BCUT2D eigenvalue weighted by Gasteiger charge is -2.07. The number of rotatable bonds is 5. The summed E-state index contributed by atoms with van der Waals surface area (Å²) in [7, 11) is 0. The molecule has 2 heterocycles. The fourth-order valence-corrected chi connectivity index (χ4v) is 2.20. The minimum atomic E-state index is -1.50. The molecule has 0 fully saturated rings. The smallest absolute Gasteiger partial charge is 0.250 e. The fraction of sp³-hybridized carbons (Fsp3) is 0.0556. The molecule has 1 aromatic carbocycles. The predicted molar refractivity (Wildman–Crippen MR) is 89.9 cm³/mol. The van der Waals surface area contributed by atoms with Gasteiger partial charge in [0.15, 0.2) is 5.92 Å². The van der Waals surface area contributed by atoms with E-state index in [1.165, 1.54) is 16.9 Å². The second kappa shape index (κ2) is 7.19. The zero-order valence-electron chi connectivity index (χ0n) is 13.0. The maximum absolute atomic E-state index is 12.5. The summed E-state index contributed by atoms with van der Waals surface area (Å²) in [6, 6.07) is 17.4. The molecule has 0 saturated heterocycles. The maximum atomic E-state index is 12.5. The molecular weight excluding hydrogens is 318 g/mol. The van der Waals surface area contributed by atoms with Crippen LogP contribution in [0.4, 0.5) is 5.82 Å². The van der Waals surface area contributed by atoms with Crippen LogP contribution in [-0.2, 0) is 4.79 Å². The van der Waals surface area contributed by atoms with E-state index in [9.17, 15) is 14.9 Å². The van der Waals surface area contributed by atoms with Gasteiger partial charge >= 0.3 is 0 Å². The van der Waals surface area contributed by atoms with Crippen molar-refractivity contribution in [3.05, 3.63) is 72.7 Å². The summed E-state index contributed by atoms with van der Waals surface area (Å²) >= 11 is 0. The van der Waals surface area contributed by atoms with Crippen LogP contribution >= 0.6 is 0 Å². The van der Waals surface area contributed by atoms with E-state index >= 15 is 0 Å². The lowest BCUT2D eigenvalue weighted by molar-refractivity contribution is -0.117. The molecule has 0 radical (unpaired) electrons. The molecule has 0 aliphatic carbocycles. The number of aromatic nitrogens is 3. The number of anilines is 1. The van der Waals surface area contributed by atoms with Crippen molar-refractivity contribution < 1.29 is 9.59 Å². The number of pyridine rings is 1. The molecule has 25 heavy (non-hydrogen) atoms. The third-order valence-electron chi connectivity index (χ3n) is 3.43. The molecule has 3 rings (SSSR count). The zero-order valence-corrected chi connectivity index (χ0v) is 13.0. The third-order valence-corrected chi connectivity index (χ3v) is 3.43. The van der Waals surface area contributed by atoms with Crippen molar-refractivity contribution in [3.8, 4) is 11.8 Å². The Morgan fingerprint density at radius 1 is 1.08 bits per heavy atom. The Hall–Kier alpha value is -3.79. The van der Waals surface area contributed by atoms with Crippen molar-refractivity contribution in [2.75, 3.05) is 5.32 Å². The standard InChI is InChI=1S/C18H13N5O2/c19-12-14(18(25)21-16-8-4-5-10-20-16)17(24)15-9-11-23(22-15)13-6-2-1-3-7-13/h1-11,14H,(H,20,21,25). The molecular formula is C18H13N5O2. The highest BCUT2D eigenvalue weighted by Crippen LogP contribution is 2.12. The quantitative estimate of drug-likeness (QED) is 0.571. The van der Waals surface area contributed by atoms with E-state index in [1.54, 1.807) is 30.5 Å². The average Bonchev–Trinajstić information content (AvgIpc) is 3.14. The van der Waals surface area contributed by atoms with Gasteiger partial charge in [0.25, 0.3) is 5.91 Å². The molecule has 0 bridgehead atoms. The monoisotopic (exact) mass is 331 g/mol. The van der Waals surface area contributed by atoms with Crippen LogP contribution in [0.25, 0.3) is 5.69 Å². The number of nitrogens with one attached hydrogen (secondary N) is 1. The van der Waals surface area contributed by atoms with Gasteiger partial charge in [-0.05, 0) is 30.3 Å². The number of carbonyl (C=O) groups excluding carboxylic acids is 2. The number of para-hydroxylation sites is 1. The van der Waals surface area contributed by atoms with Gasteiger partial charge in [0.05, 0.1) is 11.8 Å². The normalized spacial score (nSPS) is 11.3. The van der Waals surface area contributed by atoms with Gasteiger partial charge < -0.3 is 5.32 Å². The summed E-state index contributed by atoms with van der Waals surface area (Å²) in [5.41, 5.74) is 0.819. The number of nitriles is 1. The highest BCUT2D eigenvalue weighted by Gasteiger charge is 2.29. The molecule has 3 aromatic rings. The minimum Gasteiger partial charge on any atom is -0.309 e. The van der Waals surface area contributed by atoms with Crippen LogP contribution in [0.1, 0.15) is 10.5 Å². The Balaban J connectivity index is 1.78. The Kier molecular flexibility index (Phi) is 4.62. The van der Waals surface area contributed by atoms with Gasteiger partial charge in [-0.1, -0.05) is 24.3 Å². The second-order valence-electron chi connectivity index (χ2n) is 5.11. The fourth-order valence-electron chi connectivity index (χ4n) is 2.20. The Morgan fingerprint density at radius 3 is 2.52 bits per heavy atom. The van der Waals surface area contributed by atoms with Crippen LogP contribution in [-0.4, -0.2) is 26.5 Å². The minimum absolute atomic E-state index is 0.0478. The molecule has 2 aromatic heterocycles. The van der Waals surface area contributed by atoms with Gasteiger partial charge in [-0.2, -0.15) is 10.4 Å². The first-order chi connectivity index (χ1) is 12.2. The Bertz CT molecular complexity index is 929. The second-order valence-corrected chi connectivity index (χ2v) is 5.11. The van der Waals surface area contributed by atoms with E-state index in [0.717, 1.165) is 5.69 Å². The molecule has 1 atom stereocenters. The highest BCUT2D eigenvalue weighted by atomic mass is 16.2. The molecule has 122 valence electrons. The Labute approximate surface area is 143 Å². The first kappa shape index (κ1) is 16.1. The van der Waals surface area contributed by atoms with Crippen LogP contribution in [0.15, 0.2) is 67.0 Å². The first-order valence-corrected chi connectivity index (χ1v) is 7.46. The number of Topliss-reactive ketones (excluding diaryl/α,β-unsaturated/α-hetero) is 1. The van der Waals surface area contributed by atoms with Crippen molar-refractivity contribution in [3.63, 3.8) is 0 Å². The number of hydrogen-bond donors (Lipinski definition) is 1. The van der Waals surface area contributed by atoms with E-state index in [-0.39, 0.29) is 11.5 Å². The summed E-state index contributed by atoms with van der Waals surface area (Å²) < 4.78 is 1.51. The summed E-state index contributed by atoms with van der Waals surface area (Å²) in [6.45, 7) is 0. The predicted octanol–water partition coefficient (Wildman–Crippen LogP) is 2.23. The molecule has 7 heteroatoms. The maximum Gasteiger partial charge on any atom is 0.250 e. The number of benzene rings is 1. The molecule has 7 nitrogen and oxygen atoms in total. The highest BCUT2D eigenvalue weighted by molar-refractivity contribution is 6.14. The molecule has 0 saturated carbocycles. The molecule has 0 aliphatic rings. The van der Waals surface area contributed by atoms with Gasteiger partial charge in [-0.15, -0.1) is 0 Å². The van der Waals surface area contributed by atoms with Gasteiger partial charge in [-0.25, -0.2) is 9.67 Å². The molecule has 1 amide bonds. The van der Waals surface area contributed by atoms with Crippen LogP contribution in [0.3, 0.4) is 0 Å². The Morgan fingerprint density at radius 2 is 1.84 bits per heavy atom. The van der Waals surface area contributed by atoms with Gasteiger partial charge in [0.2, 0.25) is 5.78 Å². The third kappa shape index (κ3) is 3.59. The van der Waals surface area contributed by atoms with E-state index in [4.69, 9.17) is 0 Å². The molecule has 0 spiro atoms. The van der Waals surface area contributed by atoms with Crippen molar-refractivity contribution in [2.45, 2.75) is 0 Å². The summed E-state index contributed by atoms with van der Waals surface area (Å²) in [5, 5.41) is 15.9. The first-order valence-electron chi connectivity index (χ1n) is 7.46. The lowest BCUT2D eigenvalue weighted by atomic mass is 10.0. The topological polar surface area (TPSA) is 101 Å². The van der Waals surface area contributed by atoms with E-state index in [0.29, 0.717) is 0 Å². The van der Waals surface area contributed by atoms with Crippen molar-refractivity contribution in [1.82, 2.24) is 14.8 Å². The number of ketones is 1. The number of carbonyl (C=O) groups is 2. The van der Waals surface area contributed by atoms with E-state index < -0.39 is 17.6 Å². The van der Waals surface area contributed by atoms with Crippen molar-refractivity contribution in [2.24, 2.45) is 5.92 Å². The largest absolute Gasteiger partial charge is 0.309 e. The summed E-state index contributed by atoms with van der Waals surface area (Å²) in [4.78, 5) is 28.6. The van der Waals surface area contributed by atoms with Crippen molar-refractivity contribution >= 4 is 17.5 Å². The molecule has 0 aliphatic heterocycles. The number of amides is 1. The number of hydrogen-bond acceptors (Lipinski definition) is 5.